The Morgan fingerprint density at radius 3 is 2.84 bits per heavy atom. The van der Waals surface area contributed by atoms with Gasteiger partial charge in [0.2, 0.25) is 5.91 Å². The van der Waals surface area contributed by atoms with Gasteiger partial charge in [0.15, 0.2) is 5.82 Å². The molecule has 6 heteroatoms. The summed E-state index contributed by atoms with van der Waals surface area (Å²) in [7, 11) is 0. The lowest BCUT2D eigenvalue weighted by molar-refractivity contribution is -0.128. The van der Waals surface area contributed by atoms with Gasteiger partial charge in [-0.05, 0) is 26.8 Å². The van der Waals surface area contributed by atoms with E-state index < -0.39 is 0 Å². The van der Waals surface area contributed by atoms with E-state index in [1.54, 1.807) is 21.8 Å². The van der Waals surface area contributed by atoms with Crippen LogP contribution in [0.15, 0.2) is 18.5 Å². The van der Waals surface area contributed by atoms with E-state index in [0.717, 1.165) is 24.3 Å². The van der Waals surface area contributed by atoms with Crippen molar-refractivity contribution in [1.82, 2.24) is 19.5 Å². The molecule has 0 fully saturated rings. The highest BCUT2D eigenvalue weighted by Gasteiger charge is 2.11. The number of fused-ring (bicyclic) bond motifs is 1. The van der Waals surface area contributed by atoms with Crippen molar-refractivity contribution in [3.05, 3.63) is 24.2 Å². The number of anilines is 1. The first-order valence-corrected chi connectivity index (χ1v) is 6.48. The van der Waals surface area contributed by atoms with E-state index in [-0.39, 0.29) is 12.5 Å². The van der Waals surface area contributed by atoms with Crippen LogP contribution in [0.3, 0.4) is 0 Å². The Morgan fingerprint density at radius 1 is 1.42 bits per heavy atom. The molecule has 6 nitrogen and oxygen atoms in total. The van der Waals surface area contributed by atoms with Crippen LogP contribution in [0.5, 0.6) is 0 Å². The summed E-state index contributed by atoms with van der Waals surface area (Å²) in [5, 5.41) is 7.40. The van der Waals surface area contributed by atoms with Gasteiger partial charge in [-0.15, -0.1) is 0 Å². The van der Waals surface area contributed by atoms with E-state index in [9.17, 15) is 4.79 Å². The van der Waals surface area contributed by atoms with Crippen LogP contribution in [0, 0.1) is 6.92 Å². The fourth-order valence-electron chi connectivity index (χ4n) is 2.03. The fourth-order valence-corrected chi connectivity index (χ4v) is 2.03. The van der Waals surface area contributed by atoms with E-state index in [0.29, 0.717) is 5.82 Å². The van der Waals surface area contributed by atoms with Crippen molar-refractivity contribution in [3.63, 3.8) is 0 Å². The Labute approximate surface area is 112 Å². The van der Waals surface area contributed by atoms with Crippen LogP contribution < -0.4 is 5.32 Å². The van der Waals surface area contributed by atoms with Crippen molar-refractivity contribution >= 4 is 17.2 Å². The molecule has 1 N–H and O–H groups in total. The molecule has 0 unspecified atom stereocenters. The van der Waals surface area contributed by atoms with Gasteiger partial charge in [0.05, 0.1) is 12.2 Å². The Bertz CT molecular complexity index is 573. The van der Waals surface area contributed by atoms with Crippen LogP contribution >= 0.6 is 0 Å². The number of carbonyl (C=O) groups excluding carboxylic acids is 1. The molecule has 102 valence electrons. The Morgan fingerprint density at radius 2 is 2.16 bits per heavy atom. The summed E-state index contributed by atoms with van der Waals surface area (Å²) in [4.78, 5) is 18.0. The SMILES string of the molecule is CCN(CC)C(=O)CNc1nccn2nc(C)cc12. The fraction of sp³-hybridized carbons (Fsp3) is 0.462. The Kier molecular flexibility index (Phi) is 3.99. The second-order valence-electron chi connectivity index (χ2n) is 4.31. The number of likely N-dealkylation sites (N-methyl/N-ethyl adjacent to an activating group) is 1. The number of hydrogen-bond donors (Lipinski definition) is 1. The zero-order valence-electron chi connectivity index (χ0n) is 11.6. The molecule has 2 aromatic heterocycles. The summed E-state index contributed by atoms with van der Waals surface area (Å²) in [6.45, 7) is 7.57. The first-order valence-electron chi connectivity index (χ1n) is 6.48. The molecule has 2 heterocycles. The third-order valence-corrected chi connectivity index (χ3v) is 3.04. The average molecular weight is 261 g/mol. The minimum atomic E-state index is 0.0741. The van der Waals surface area contributed by atoms with Gasteiger partial charge in [-0.1, -0.05) is 0 Å². The van der Waals surface area contributed by atoms with Gasteiger partial charge in [0.1, 0.15) is 5.52 Å². The molecule has 0 radical (unpaired) electrons. The normalized spacial score (nSPS) is 10.7. The molecular weight excluding hydrogens is 242 g/mol. The summed E-state index contributed by atoms with van der Waals surface area (Å²) in [5.74, 6) is 0.758. The molecule has 0 spiro atoms. The summed E-state index contributed by atoms with van der Waals surface area (Å²) in [5.41, 5.74) is 1.80. The van der Waals surface area contributed by atoms with E-state index in [1.807, 2.05) is 26.8 Å². The smallest absolute Gasteiger partial charge is 0.241 e. The molecule has 1 amide bonds. The number of carbonyl (C=O) groups is 1. The van der Waals surface area contributed by atoms with Gasteiger partial charge in [0.25, 0.3) is 0 Å². The highest BCUT2D eigenvalue weighted by molar-refractivity contribution is 5.82. The van der Waals surface area contributed by atoms with Gasteiger partial charge in [-0.3, -0.25) is 4.79 Å². The van der Waals surface area contributed by atoms with Gasteiger partial charge in [-0.2, -0.15) is 5.10 Å². The van der Waals surface area contributed by atoms with Gasteiger partial charge in [-0.25, -0.2) is 9.50 Å². The molecule has 2 aromatic rings. The number of hydrogen-bond acceptors (Lipinski definition) is 4. The molecule has 0 saturated heterocycles. The van der Waals surface area contributed by atoms with Crippen molar-refractivity contribution in [2.45, 2.75) is 20.8 Å². The van der Waals surface area contributed by atoms with Crippen LogP contribution in [0.2, 0.25) is 0 Å². The lowest BCUT2D eigenvalue weighted by Crippen LogP contribution is -2.35. The average Bonchev–Trinajstić information content (AvgIpc) is 2.78. The molecule has 0 aromatic carbocycles. The van der Waals surface area contributed by atoms with E-state index in [4.69, 9.17) is 0 Å². The molecular formula is C13H19N5O. The number of nitrogens with zero attached hydrogens (tertiary/aromatic N) is 4. The zero-order valence-corrected chi connectivity index (χ0v) is 11.6. The summed E-state index contributed by atoms with van der Waals surface area (Å²) >= 11 is 0. The quantitative estimate of drug-likeness (QED) is 0.881. The highest BCUT2D eigenvalue weighted by Crippen LogP contribution is 2.14. The maximum absolute atomic E-state index is 11.9. The second kappa shape index (κ2) is 5.69. The highest BCUT2D eigenvalue weighted by atomic mass is 16.2. The summed E-state index contributed by atoms with van der Waals surface area (Å²) in [6.07, 6.45) is 3.46. The predicted molar refractivity (Wildman–Crippen MR) is 74.1 cm³/mol. The van der Waals surface area contributed by atoms with Crippen LogP contribution in [0.1, 0.15) is 19.5 Å². The van der Waals surface area contributed by atoms with E-state index >= 15 is 0 Å². The molecule has 2 rings (SSSR count). The van der Waals surface area contributed by atoms with E-state index in [1.165, 1.54) is 0 Å². The van der Waals surface area contributed by atoms with E-state index in [2.05, 4.69) is 15.4 Å². The number of aryl methyl sites for hydroxylation is 1. The molecule has 0 aliphatic carbocycles. The Balaban J connectivity index is 2.11. The molecule has 0 saturated carbocycles. The maximum Gasteiger partial charge on any atom is 0.241 e. The standard InChI is InChI=1S/C13H19N5O/c1-4-17(5-2)12(19)9-15-13-11-8-10(3)16-18(11)7-6-14-13/h6-8H,4-5,9H2,1-3H3,(H,14,15). The molecule has 0 aliphatic heterocycles. The maximum atomic E-state index is 11.9. The van der Waals surface area contributed by atoms with Crippen LogP contribution in [0.4, 0.5) is 5.82 Å². The van der Waals surface area contributed by atoms with Crippen molar-refractivity contribution in [1.29, 1.82) is 0 Å². The predicted octanol–water partition coefficient (Wildman–Crippen LogP) is 1.32. The number of aromatic nitrogens is 3. The molecule has 0 bridgehead atoms. The van der Waals surface area contributed by atoms with Crippen molar-refractivity contribution < 1.29 is 4.79 Å². The van der Waals surface area contributed by atoms with Gasteiger partial charge >= 0.3 is 0 Å². The van der Waals surface area contributed by atoms with Crippen LogP contribution in [-0.4, -0.2) is 45.0 Å². The van der Waals surface area contributed by atoms with Crippen molar-refractivity contribution in [2.24, 2.45) is 0 Å². The minimum Gasteiger partial charge on any atom is -0.359 e. The topological polar surface area (TPSA) is 62.5 Å². The number of amides is 1. The van der Waals surface area contributed by atoms with Gasteiger partial charge < -0.3 is 10.2 Å². The third-order valence-electron chi connectivity index (χ3n) is 3.04. The summed E-state index contributed by atoms with van der Waals surface area (Å²) < 4.78 is 1.76. The molecule has 0 aliphatic rings. The summed E-state index contributed by atoms with van der Waals surface area (Å²) in [6, 6.07) is 1.94. The number of nitrogens with one attached hydrogen (secondary N) is 1. The first kappa shape index (κ1) is 13.3. The second-order valence-corrected chi connectivity index (χ2v) is 4.31. The first-order chi connectivity index (χ1) is 9.15. The lowest BCUT2D eigenvalue weighted by atomic mass is 10.4. The van der Waals surface area contributed by atoms with Gasteiger partial charge in [0, 0.05) is 25.5 Å². The lowest BCUT2D eigenvalue weighted by Gasteiger charge is -2.18. The zero-order chi connectivity index (χ0) is 13.8. The largest absolute Gasteiger partial charge is 0.359 e. The molecule has 19 heavy (non-hydrogen) atoms. The minimum absolute atomic E-state index is 0.0741. The third kappa shape index (κ3) is 2.83. The Hall–Kier alpha value is -2.11. The van der Waals surface area contributed by atoms with Crippen LogP contribution in [-0.2, 0) is 4.79 Å². The number of rotatable bonds is 5. The van der Waals surface area contributed by atoms with Crippen molar-refractivity contribution in [2.75, 3.05) is 25.0 Å². The monoisotopic (exact) mass is 261 g/mol. The van der Waals surface area contributed by atoms with Crippen molar-refractivity contribution in [3.8, 4) is 0 Å². The molecule has 0 atom stereocenters. The van der Waals surface area contributed by atoms with Crippen LogP contribution in [0.25, 0.3) is 5.52 Å².